The number of rotatable bonds is 1. The predicted octanol–water partition coefficient (Wildman–Crippen LogP) is 2.31. The van der Waals surface area contributed by atoms with Gasteiger partial charge in [-0.25, -0.2) is 13.8 Å². The largest absolute Gasteiger partial charge is 0.342 e. The average Bonchev–Trinajstić information content (AvgIpc) is 2.89. The minimum atomic E-state index is -0.872. The molecule has 2 N–H and O–H groups in total. The highest BCUT2D eigenvalue weighted by Gasteiger charge is 2.27. The number of aromatic nitrogens is 2. The fourth-order valence-corrected chi connectivity index (χ4v) is 2.44. The van der Waals surface area contributed by atoms with E-state index >= 15 is 0 Å². The van der Waals surface area contributed by atoms with Gasteiger partial charge in [-0.2, -0.15) is 0 Å². The number of H-pyrrole nitrogens is 1. The van der Waals surface area contributed by atoms with Crippen molar-refractivity contribution >= 4 is 11.0 Å². The van der Waals surface area contributed by atoms with Gasteiger partial charge in [0.25, 0.3) is 0 Å². The minimum absolute atomic E-state index is 0.0964. The molecule has 2 aromatic rings. The summed E-state index contributed by atoms with van der Waals surface area (Å²) in [6, 6.07) is 2.95. The highest BCUT2D eigenvalue weighted by atomic mass is 19.2. The van der Waals surface area contributed by atoms with Crippen molar-refractivity contribution in [3.8, 4) is 0 Å². The van der Waals surface area contributed by atoms with Crippen molar-refractivity contribution in [2.45, 2.75) is 25.3 Å². The Balaban J connectivity index is 2.10. The van der Waals surface area contributed by atoms with Crippen LogP contribution in [0.2, 0.25) is 0 Å². The van der Waals surface area contributed by atoms with E-state index in [9.17, 15) is 8.78 Å². The van der Waals surface area contributed by atoms with Crippen LogP contribution in [0.3, 0.4) is 0 Å². The molecule has 1 aromatic heterocycles. The topological polar surface area (TPSA) is 40.7 Å². The Kier molecular flexibility index (Phi) is 2.36. The molecule has 1 aliphatic heterocycles. The fraction of sp³-hybridized carbons (Fsp3) is 0.417. The zero-order valence-corrected chi connectivity index (χ0v) is 9.43. The third-order valence-corrected chi connectivity index (χ3v) is 3.44. The van der Waals surface area contributed by atoms with Crippen molar-refractivity contribution in [1.82, 2.24) is 15.3 Å². The molecule has 1 aliphatic rings. The predicted molar refractivity (Wildman–Crippen MR) is 60.8 cm³/mol. The lowest BCUT2D eigenvalue weighted by Crippen LogP contribution is -2.22. The molecule has 2 unspecified atom stereocenters. The van der Waals surface area contributed by atoms with E-state index in [4.69, 9.17) is 0 Å². The van der Waals surface area contributed by atoms with Gasteiger partial charge in [0.1, 0.15) is 11.3 Å². The zero-order chi connectivity index (χ0) is 12.0. The highest BCUT2D eigenvalue weighted by Crippen LogP contribution is 2.28. The van der Waals surface area contributed by atoms with Crippen LogP contribution in [-0.4, -0.2) is 22.6 Å². The van der Waals surface area contributed by atoms with Gasteiger partial charge in [0.15, 0.2) is 11.6 Å². The van der Waals surface area contributed by atoms with Gasteiger partial charge in [-0.15, -0.1) is 0 Å². The Labute approximate surface area is 97.2 Å². The summed E-state index contributed by atoms with van der Waals surface area (Å²) < 4.78 is 26.6. The lowest BCUT2D eigenvalue weighted by Gasteiger charge is -2.11. The number of aromatic amines is 1. The van der Waals surface area contributed by atoms with Crippen LogP contribution in [0.15, 0.2) is 12.1 Å². The monoisotopic (exact) mass is 237 g/mol. The third kappa shape index (κ3) is 1.61. The molecule has 0 amide bonds. The SMILES string of the molecule is CC1NCCC1c1nc2c(F)c(F)ccc2[nH]1. The smallest absolute Gasteiger partial charge is 0.186 e. The summed E-state index contributed by atoms with van der Waals surface area (Å²) in [7, 11) is 0. The Hall–Kier alpha value is -1.49. The Morgan fingerprint density at radius 2 is 2.18 bits per heavy atom. The van der Waals surface area contributed by atoms with Crippen molar-refractivity contribution in [1.29, 1.82) is 0 Å². The maximum Gasteiger partial charge on any atom is 0.186 e. The highest BCUT2D eigenvalue weighted by molar-refractivity contribution is 5.75. The number of benzene rings is 1. The van der Waals surface area contributed by atoms with Crippen LogP contribution >= 0.6 is 0 Å². The number of fused-ring (bicyclic) bond motifs is 1. The molecular weight excluding hydrogens is 224 g/mol. The van der Waals surface area contributed by atoms with Crippen LogP contribution in [0.5, 0.6) is 0 Å². The molecule has 0 saturated carbocycles. The third-order valence-electron chi connectivity index (χ3n) is 3.44. The minimum Gasteiger partial charge on any atom is -0.342 e. The normalized spacial score (nSPS) is 24.6. The van der Waals surface area contributed by atoms with Gasteiger partial charge in [0, 0.05) is 12.0 Å². The van der Waals surface area contributed by atoms with Gasteiger partial charge in [-0.3, -0.25) is 0 Å². The molecule has 90 valence electrons. The molecule has 17 heavy (non-hydrogen) atoms. The van der Waals surface area contributed by atoms with E-state index in [2.05, 4.69) is 22.2 Å². The quantitative estimate of drug-likeness (QED) is 0.799. The number of imidazole rings is 1. The van der Waals surface area contributed by atoms with Gasteiger partial charge in [0.05, 0.1) is 5.52 Å². The molecule has 5 heteroatoms. The first-order chi connectivity index (χ1) is 8.16. The van der Waals surface area contributed by atoms with Crippen molar-refractivity contribution in [3.05, 3.63) is 29.6 Å². The van der Waals surface area contributed by atoms with Crippen molar-refractivity contribution in [2.24, 2.45) is 0 Å². The second kappa shape index (κ2) is 3.77. The Bertz CT molecular complexity index is 564. The second-order valence-electron chi connectivity index (χ2n) is 4.52. The molecule has 1 saturated heterocycles. The maximum atomic E-state index is 13.5. The number of halogens is 2. The van der Waals surface area contributed by atoms with Crippen molar-refractivity contribution in [3.63, 3.8) is 0 Å². The summed E-state index contributed by atoms with van der Waals surface area (Å²) >= 11 is 0. The lowest BCUT2D eigenvalue weighted by molar-refractivity contribution is 0.515. The number of nitrogens with one attached hydrogen (secondary N) is 2. The molecule has 1 fully saturated rings. The number of hydrogen-bond acceptors (Lipinski definition) is 2. The van der Waals surface area contributed by atoms with Crippen LogP contribution in [-0.2, 0) is 0 Å². The summed E-state index contributed by atoms with van der Waals surface area (Å²) in [4.78, 5) is 7.27. The van der Waals surface area contributed by atoms with Crippen LogP contribution in [0.1, 0.15) is 25.1 Å². The fourth-order valence-electron chi connectivity index (χ4n) is 2.44. The lowest BCUT2D eigenvalue weighted by atomic mass is 10.0. The molecule has 2 heterocycles. The molecular formula is C12H13F2N3. The van der Waals surface area contributed by atoms with E-state index in [0.717, 1.165) is 24.9 Å². The summed E-state index contributed by atoms with van der Waals surface area (Å²) in [5.74, 6) is -0.747. The molecule has 3 rings (SSSR count). The number of nitrogens with zero attached hydrogens (tertiary/aromatic N) is 1. The van der Waals surface area contributed by atoms with E-state index in [1.165, 1.54) is 6.07 Å². The first-order valence-electron chi connectivity index (χ1n) is 5.74. The van der Waals surface area contributed by atoms with E-state index in [0.29, 0.717) is 11.6 Å². The van der Waals surface area contributed by atoms with Gasteiger partial charge in [0.2, 0.25) is 0 Å². The van der Waals surface area contributed by atoms with E-state index in [1.807, 2.05) is 0 Å². The number of hydrogen-bond donors (Lipinski definition) is 2. The maximum absolute atomic E-state index is 13.5. The van der Waals surface area contributed by atoms with Gasteiger partial charge >= 0.3 is 0 Å². The summed E-state index contributed by atoms with van der Waals surface area (Å²) in [5.41, 5.74) is 0.650. The Morgan fingerprint density at radius 3 is 2.88 bits per heavy atom. The van der Waals surface area contributed by atoms with Gasteiger partial charge in [-0.1, -0.05) is 0 Å². The summed E-state index contributed by atoms with van der Waals surface area (Å²) in [6.07, 6.45) is 0.963. The van der Waals surface area contributed by atoms with Crippen LogP contribution in [0.4, 0.5) is 8.78 Å². The second-order valence-corrected chi connectivity index (χ2v) is 4.52. The van der Waals surface area contributed by atoms with Gasteiger partial charge in [-0.05, 0) is 32.0 Å². The first kappa shape index (κ1) is 10.7. The summed E-state index contributed by atoms with van der Waals surface area (Å²) in [5, 5.41) is 3.31. The molecule has 2 atom stereocenters. The van der Waals surface area contributed by atoms with Crippen LogP contribution in [0, 0.1) is 11.6 Å². The van der Waals surface area contributed by atoms with E-state index in [1.54, 1.807) is 0 Å². The van der Waals surface area contributed by atoms with Crippen LogP contribution < -0.4 is 5.32 Å². The van der Waals surface area contributed by atoms with Crippen molar-refractivity contribution in [2.75, 3.05) is 6.54 Å². The van der Waals surface area contributed by atoms with Gasteiger partial charge < -0.3 is 10.3 Å². The zero-order valence-electron chi connectivity index (χ0n) is 9.43. The molecule has 0 aliphatic carbocycles. The first-order valence-corrected chi connectivity index (χ1v) is 5.74. The molecule has 1 aromatic carbocycles. The van der Waals surface area contributed by atoms with Crippen molar-refractivity contribution < 1.29 is 8.78 Å². The van der Waals surface area contributed by atoms with Crippen LogP contribution in [0.25, 0.3) is 11.0 Å². The Morgan fingerprint density at radius 1 is 1.35 bits per heavy atom. The molecule has 0 bridgehead atoms. The van der Waals surface area contributed by atoms with E-state index < -0.39 is 11.6 Å². The van der Waals surface area contributed by atoms with E-state index in [-0.39, 0.29) is 11.4 Å². The average molecular weight is 237 g/mol. The molecule has 0 spiro atoms. The summed E-state index contributed by atoms with van der Waals surface area (Å²) in [6.45, 7) is 3.00. The molecule has 0 radical (unpaired) electrons. The molecule has 3 nitrogen and oxygen atoms in total. The standard InChI is InChI=1S/C12H13F2N3/c1-6-7(4-5-15-6)12-16-9-3-2-8(13)10(14)11(9)17-12/h2-3,6-7,15H,4-5H2,1H3,(H,16,17).